The maximum atomic E-state index is 12.9. The van der Waals surface area contributed by atoms with Crippen LogP contribution in [0.25, 0.3) is 0 Å². The average molecular weight is 487 g/mol. The summed E-state index contributed by atoms with van der Waals surface area (Å²) in [5, 5.41) is 33.4. The van der Waals surface area contributed by atoms with E-state index in [-0.39, 0.29) is 39.6 Å². The van der Waals surface area contributed by atoms with Crippen LogP contribution in [0.1, 0.15) is 100 Å². The molecule has 0 bridgehead atoms. The summed E-state index contributed by atoms with van der Waals surface area (Å²) < 4.78 is 0. The lowest BCUT2D eigenvalue weighted by atomic mass is 9.32. The van der Waals surface area contributed by atoms with Crippen LogP contribution >= 0.6 is 0 Å². The fraction of sp³-hybridized carbons (Fsp3) is 0.903. The fourth-order valence-corrected chi connectivity index (χ4v) is 11.2. The standard InChI is InChI=1S/C31H50O4/c1-18-15-30(8)19(20-16-26(2,3)24(34)25(35)31(18,20)17-32)9-10-22-28(6)13-12-23(33)27(4,5)21(28)11-14-29(22,30)7/h9,17-18,20-25,33-35H,10-16H2,1-8H3. The number of hydrogen-bond donors (Lipinski definition) is 3. The molecule has 0 spiro atoms. The van der Waals surface area contributed by atoms with E-state index in [2.05, 4.69) is 47.6 Å². The van der Waals surface area contributed by atoms with E-state index in [1.54, 1.807) is 0 Å². The lowest BCUT2D eigenvalue weighted by molar-refractivity contribution is -0.227. The molecule has 4 heteroatoms. The van der Waals surface area contributed by atoms with Gasteiger partial charge in [0.2, 0.25) is 0 Å². The summed E-state index contributed by atoms with van der Waals surface area (Å²) in [7, 11) is 0. The molecule has 5 aliphatic carbocycles. The van der Waals surface area contributed by atoms with Crippen LogP contribution < -0.4 is 0 Å². The average Bonchev–Trinajstić information content (AvgIpc) is 2.76. The van der Waals surface area contributed by atoms with Gasteiger partial charge in [0.15, 0.2) is 0 Å². The summed E-state index contributed by atoms with van der Waals surface area (Å²) in [6, 6.07) is 0. The molecule has 11 unspecified atom stereocenters. The Morgan fingerprint density at radius 1 is 0.886 bits per heavy atom. The first-order valence-electron chi connectivity index (χ1n) is 14.2. The van der Waals surface area contributed by atoms with Crippen LogP contribution in [-0.4, -0.2) is 39.9 Å². The highest BCUT2D eigenvalue weighted by atomic mass is 16.3. The van der Waals surface area contributed by atoms with Gasteiger partial charge in [0.1, 0.15) is 6.29 Å². The third-order valence-corrected chi connectivity index (χ3v) is 13.6. The summed E-state index contributed by atoms with van der Waals surface area (Å²) >= 11 is 0. The highest BCUT2D eigenvalue weighted by Gasteiger charge is 2.71. The zero-order chi connectivity index (χ0) is 26.0. The van der Waals surface area contributed by atoms with Crippen LogP contribution in [0.15, 0.2) is 11.6 Å². The van der Waals surface area contributed by atoms with Gasteiger partial charge in [-0.2, -0.15) is 0 Å². The minimum absolute atomic E-state index is 0.00127. The van der Waals surface area contributed by atoms with E-state index >= 15 is 0 Å². The van der Waals surface area contributed by atoms with Gasteiger partial charge >= 0.3 is 0 Å². The van der Waals surface area contributed by atoms with E-state index in [0.717, 1.165) is 51.2 Å². The Hall–Kier alpha value is -0.710. The third kappa shape index (κ3) is 2.88. The molecule has 0 radical (unpaired) electrons. The first kappa shape index (κ1) is 25.9. The lowest BCUT2D eigenvalue weighted by Crippen LogP contribution is -2.69. The molecule has 4 saturated carbocycles. The van der Waals surface area contributed by atoms with E-state index < -0.39 is 23.0 Å². The second-order valence-corrected chi connectivity index (χ2v) is 15.5. The number of fused-ring (bicyclic) bond motifs is 7. The number of rotatable bonds is 1. The maximum Gasteiger partial charge on any atom is 0.129 e. The molecule has 4 nitrogen and oxygen atoms in total. The van der Waals surface area contributed by atoms with Gasteiger partial charge in [-0.1, -0.05) is 67.0 Å². The highest BCUT2D eigenvalue weighted by molar-refractivity contribution is 5.65. The molecule has 11 atom stereocenters. The van der Waals surface area contributed by atoms with Crippen LogP contribution in [0.4, 0.5) is 0 Å². The second-order valence-electron chi connectivity index (χ2n) is 15.5. The molecule has 0 heterocycles. The molecular formula is C31H50O4. The van der Waals surface area contributed by atoms with Crippen molar-refractivity contribution in [2.75, 3.05) is 0 Å². The van der Waals surface area contributed by atoms with Crippen molar-refractivity contribution >= 4 is 6.29 Å². The summed E-state index contributed by atoms with van der Waals surface area (Å²) in [5.74, 6) is 1.02. The Bertz CT molecular complexity index is 936. The smallest absolute Gasteiger partial charge is 0.129 e. The van der Waals surface area contributed by atoms with E-state index in [0.29, 0.717) is 11.8 Å². The van der Waals surface area contributed by atoms with Gasteiger partial charge in [0.05, 0.1) is 23.7 Å². The van der Waals surface area contributed by atoms with E-state index in [1.807, 2.05) is 13.8 Å². The fourth-order valence-electron chi connectivity index (χ4n) is 11.2. The zero-order valence-corrected chi connectivity index (χ0v) is 23.4. The SMILES string of the molecule is CC1CC2(C)C(=CCC3C4(C)CCC(O)C(C)(C)C4CCC32C)C2CC(C)(C)C(O)C(O)C12C=O. The monoisotopic (exact) mass is 486 g/mol. The number of aliphatic hydroxyl groups excluding tert-OH is 3. The van der Waals surface area contributed by atoms with Gasteiger partial charge in [-0.05, 0) is 95.7 Å². The van der Waals surface area contributed by atoms with Gasteiger partial charge in [-0.3, -0.25) is 0 Å². The number of allylic oxidation sites excluding steroid dienone is 2. The topological polar surface area (TPSA) is 77.8 Å². The number of aliphatic hydroxyl groups is 3. The molecule has 4 fully saturated rings. The molecule has 0 aromatic rings. The Morgan fingerprint density at radius 3 is 2.17 bits per heavy atom. The van der Waals surface area contributed by atoms with Crippen LogP contribution in [0, 0.1) is 56.2 Å². The second kappa shape index (κ2) is 7.44. The molecule has 0 aromatic heterocycles. The predicted octanol–water partition coefficient (Wildman–Crippen LogP) is 5.54. The Kier molecular flexibility index (Phi) is 5.51. The molecule has 0 amide bonds. The van der Waals surface area contributed by atoms with Crippen LogP contribution in [0.3, 0.4) is 0 Å². The first-order chi connectivity index (χ1) is 16.0. The van der Waals surface area contributed by atoms with Crippen molar-refractivity contribution in [2.45, 2.75) is 119 Å². The van der Waals surface area contributed by atoms with Crippen molar-refractivity contribution < 1.29 is 20.1 Å². The Morgan fingerprint density at radius 2 is 1.54 bits per heavy atom. The van der Waals surface area contributed by atoms with E-state index in [1.165, 1.54) is 5.57 Å². The molecule has 0 saturated heterocycles. The van der Waals surface area contributed by atoms with Crippen molar-refractivity contribution in [3.63, 3.8) is 0 Å². The third-order valence-electron chi connectivity index (χ3n) is 13.6. The van der Waals surface area contributed by atoms with Gasteiger partial charge in [0, 0.05) is 0 Å². The number of hydrogen-bond acceptors (Lipinski definition) is 4. The molecule has 3 N–H and O–H groups in total. The largest absolute Gasteiger partial charge is 0.393 e. The highest BCUT2D eigenvalue weighted by Crippen LogP contribution is 2.76. The van der Waals surface area contributed by atoms with Crippen molar-refractivity contribution in [1.82, 2.24) is 0 Å². The number of carbonyl (C=O) groups is 1. The summed E-state index contributed by atoms with van der Waals surface area (Å²) in [6.07, 6.45) is 8.20. The minimum Gasteiger partial charge on any atom is -0.393 e. The van der Waals surface area contributed by atoms with Crippen molar-refractivity contribution in [3.8, 4) is 0 Å². The van der Waals surface area contributed by atoms with E-state index in [4.69, 9.17) is 0 Å². The van der Waals surface area contributed by atoms with Crippen molar-refractivity contribution in [1.29, 1.82) is 0 Å². The van der Waals surface area contributed by atoms with Gasteiger partial charge in [0.25, 0.3) is 0 Å². The van der Waals surface area contributed by atoms with Crippen molar-refractivity contribution in [2.24, 2.45) is 56.2 Å². The quantitative estimate of drug-likeness (QED) is 0.336. The van der Waals surface area contributed by atoms with Crippen molar-refractivity contribution in [3.05, 3.63) is 11.6 Å². The number of aldehydes is 1. The molecule has 35 heavy (non-hydrogen) atoms. The summed E-state index contributed by atoms with van der Waals surface area (Å²) in [5.41, 5.74) is 0.206. The molecule has 0 aromatic carbocycles. The Labute approximate surface area is 213 Å². The van der Waals surface area contributed by atoms with Gasteiger partial charge < -0.3 is 20.1 Å². The van der Waals surface area contributed by atoms with Crippen LogP contribution in [0.5, 0.6) is 0 Å². The van der Waals surface area contributed by atoms with Gasteiger partial charge in [-0.25, -0.2) is 0 Å². The van der Waals surface area contributed by atoms with Crippen LogP contribution in [-0.2, 0) is 4.79 Å². The lowest BCUT2D eigenvalue weighted by Gasteiger charge is -2.72. The summed E-state index contributed by atoms with van der Waals surface area (Å²) in [6.45, 7) is 18.3. The first-order valence-corrected chi connectivity index (χ1v) is 14.2. The zero-order valence-electron chi connectivity index (χ0n) is 23.4. The normalized spacial score (nSPS) is 56.5. The predicted molar refractivity (Wildman–Crippen MR) is 138 cm³/mol. The Balaban J connectivity index is 1.64. The minimum atomic E-state index is -1.03. The molecule has 5 aliphatic rings. The molecule has 0 aliphatic heterocycles. The summed E-state index contributed by atoms with van der Waals surface area (Å²) in [4.78, 5) is 12.9. The van der Waals surface area contributed by atoms with Gasteiger partial charge in [-0.15, -0.1) is 0 Å². The molecular weight excluding hydrogens is 436 g/mol. The number of carbonyl (C=O) groups excluding carboxylic acids is 1. The van der Waals surface area contributed by atoms with E-state index in [9.17, 15) is 20.1 Å². The molecule has 198 valence electrons. The molecule has 5 rings (SSSR count). The maximum absolute atomic E-state index is 12.9. The van der Waals surface area contributed by atoms with Crippen LogP contribution in [0.2, 0.25) is 0 Å².